The fourth-order valence-electron chi connectivity index (χ4n) is 5.38. The van der Waals surface area contributed by atoms with E-state index in [0.717, 1.165) is 27.6 Å². The van der Waals surface area contributed by atoms with Crippen LogP contribution in [0.4, 0.5) is 0 Å². The van der Waals surface area contributed by atoms with E-state index in [2.05, 4.69) is 42.2 Å². The maximum Gasteiger partial charge on any atom is 0.315 e. The first-order chi connectivity index (χ1) is 16.1. The number of carbonyl (C=O) groups excluding carboxylic acids is 2. The van der Waals surface area contributed by atoms with Crippen LogP contribution in [0.3, 0.4) is 0 Å². The van der Waals surface area contributed by atoms with Crippen LogP contribution in [-0.4, -0.2) is 18.4 Å². The lowest BCUT2D eigenvalue weighted by molar-refractivity contribution is -0.147. The highest BCUT2D eigenvalue weighted by Crippen LogP contribution is 2.48. The molecule has 0 aromatic heterocycles. The number of hydrogen-bond acceptors (Lipinski definition) is 4. The molecule has 1 aliphatic heterocycles. The fraction of sp³-hybridized carbons (Fsp3) is 0.241. The second-order valence-electron chi connectivity index (χ2n) is 8.76. The highest BCUT2D eigenvalue weighted by atomic mass is 16.5. The first-order valence-corrected chi connectivity index (χ1v) is 11.5. The molecule has 4 nitrogen and oxygen atoms in total. The number of esters is 1. The van der Waals surface area contributed by atoms with E-state index in [1.54, 1.807) is 6.92 Å². The van der Waals surface area contributed by atoms with E-state index in [-0.39, 0.29) is 24.3 Å². The van der Waals surface area contributed by atoms with E-state index < -0.39 is 11.8 Å². The Hall–Kier alpha value is -3.66. The minimum atomic E-state index is -0.660. The van der Waals surface area contributed by atoms with Crippen molar-refractivity contribution in [3.63, 3.8) is 0 Å². The van der Waals surface area contributed by atoms with Crippen molar-refractivity contribution in [2.24, 2.45) is 5.92 Å². The molecule has 1 heterocycles. The standard InChI is InChI=1S/C29H27NO3/c1-3-33-29(32)26-18(2)30-24-16-21(19-10-5-4-6-11-19)17-25(31)28(24)27(26)23-15-9-13-20-12-7-8-14-22(20)23/h4-15,21,26-27,30H,2-3,16-17H2,1H3. The van der Waals surface area contributed by atoms with Crippen LogP contribution in [0.1, 0.15) is 42.7 Å². The number of Topliss-reactive ketones (excluding diaryl/α,β-unsaturated/α-hetero) is 1. The summed E-state index contributed by atoms with van der Waals surface area (Å²) in [5.41, 5.74) is 4.28. The molecule has 1 N–H and O–H groups in total. The first-order valence-electron chi connectivity index (χ1n) is 11.5. The van der Waals surface area contributed by atoms with Crippen LogP contribution in [0.15, 0.2) is 96.3 Å². The lowest BCUT2D eigenvalue weighted by Gasteiger charge is -2.40. The lowest BCUT2D eigenvalue weighted by atomic mass is 9.68. The second-order valence-corrected chi connectivity index (χ2v) is 8.76. The van der Waals surface area contributed by atoms with Crippen LogP contribution in [0.2, 0.25) is 0 Å². The molecule has 3 aromatic rings. The molecule has 0 amide bonds. The third-order valence-corrected chi connectivity index (χ3v) is 6.81. The van der Waals surface area contributed by atoms with Gasteiger partial charge >= 0.3 is 5.97 Å². The molecule has 0 spiro atoms. The van der Waals surface area contributed by atoms with Crippen molar-refractivity contribution in [2.45, 2.75) is 31.6 Å². The van der Waals surface area contributed by atoms with Crippen LogP contribution < -0.4 is 5.32 Å². The van der Waals surface area contributed by atoms with Gasteiger partial charge in [-0.3, -0.25) is 9.59 Å². The van der Waals surface area contributed by atoms with E-state index >= 15 is 0 Å². The summed E-state index contributed by atoms with van der Waals surface area (Å²) in [4.78, 5) is 26.8. The summed E-state index contributed by atoms with van der Waals surface area (Å²) >= 11 is 0. The van der Waals surface area contributed by atoms with Gasteiger partial charge < -0.3 is 10.1 Å². The Morgan fingerprint density at radius 1 is 1.00 bits per heavy atom. The van der Waals surface area contributed by atoms with Crippen molar-refractivity contribution < 1.29 is 14.3 Å². The molecule has 5 rings (SSSR count). The van der Waals surface area contributed by atoms with Crippen molar-refractivity contribution in [1.29, 1.82) is 0 Å². The Morgan fingerprint density at radius 3 is 2.52 bits per heavy atom. The Bertz CT molecular complexity index is 1270. The van der Waals surface area contributed by atoms with Crippen molar-refractivity contribution in [2.75, 3.05) is 6.61 Å². The maximum absolute atomic E-state index is 13.7. The first kappa shape index (κ1) is 21.2. The summed E-state index contributed by atoms with van der Waals surface area (Å²) < 4.78 is 5.45. The predicted octanol–water partition coefficient (Wildman–Crippen LogP) is 5.62. The zero-order chi connectivity index (χ0) is 22.9. The molecule has 3 unspecified atom stereocenters. The highest BCUT2D eigenvalue weighted by Gasteiger charge is 2.45. The van der Waals surface area contributed by atoms with Gasteiger partial charge in [0.25, 0.3) is 0 Å². The molecule has 33 heavy (non-hydrogen) atoms. The number of allylic oxidation sites excluding steroid dienone is 2. The molecule has 2 aliphatic rings. The van der Waals surface area contributed by atoms with Gasteiger partial charge in [0.1, 0.15) is 5.92 Å². The maximum atomic E-state index is 13.7. The van der Waals surface area contributed by atoms with Gasteiger partial charge in [-0.25, -0.2) is 0 Å². The van der Waals surface area contributed by atoms with Gasteiger partial charge in [-0.05, 0) is 41.2 Å². The zero-order valence-corrected chi connectivity index (χ0v) is 18.7. The normalized spacial score (nSPS) is 22.6. The average Bonchev–Trinajstić information content (AvgIpc) is 2.83. The molecule has 3 aromatic carbocycles. The average molecular weight is 438 g/mol. The second kappa shape index (κ2) is 8.70. The summed E-state index contributed by atoms with van der Waals surface area (Å²) in [6.45, 7) is 6.29. The van der Waals surface area contributed by atoms with Gasteiger partial charge in [-0.2, -0.15) is 0 Å². The lowest BCUT2D eigenvalue weighted by Crippen LogP contribution is -2.42. The van der Waals surface area contributed by atoms with Crippen LogP contribution in [0.25, 0.3) is 10.8 Å². The van der Waals surface area contributed by atoms with E-state index in [1.165, 1.54) is 0 Å². The monoisotopic (exact) mass is 437 g/mol. The van der Waals surface area contributed by atoms with E-state index in [4.69, 9.17) is 4.74 Å². The quantitative estimate of drug-likeness (QED) is 0.538. The van der Waals surface area contributed by atoms with Gasteiger partial charge in [0.2, 0.25) is 0 Å². The van der Waals surface area contributed by atoms with Crippen LogP contribution >= 0.6 is 0 Å². The third-order valence-electron chi connectivity index (χ3n) is 6.81. The van der Waals surface area contributed by atoms with Crippen molar-refractivity contribution in [3.8, 4) is 0 Å². The highest BCUT2D eigenvalue weighted by molar-refractivity contribution is 6.02. The van der Waals surface area contributed by atoms with Crippen molar-refractivity contribution >= 4 is 22.5 Å². The number of rotatable bonds is 4. The van der Waals surface area contributed by atoms with Gasteiger partial charge in [-0.15, -0.1) is 0 Å². The van der Waals surface area contributed by atoms with Gasteiger partial charge in [0.05, 0.1) is 6.61 Å². The van der Waals surface area contributed by atoms with Gasteiger partial charge in [0.15, 0.2) is 5.78 Å². The summed E-state index contributed by atoms with van der Waals surface area (Å²) in [5, 5.41) is 5.47. The number of ether oxygens (including phenoxy) is 1. The Kier molecular flexibility index (Phi) is 5.59. The molecule has 0 saturated carbocycles. The third kappa shape index (κ3) is 3.76. The molecule has 0 saturated heterocycles. The summed E-state index contributed by atoms with van der Waals surface area (Å²) in [6, 6.07) is 24.3. The molecule has 3 atom stereocenters. The number of nitrogens with one attached hydrogen (secondary N) is 1. The van der Waals surface area contributed by atoms with Crippen molar-refractivity contribution in [3.05, 3.63) is 107 Å². The summed E-state index contributed by atoms with van der Waals surface area (Å²) in [5.74, 6) is -1.25. The summed E-state index contributed by atoms with van der Waals surface area (Å²) in [6.07, 6.45) is 1.13. The van der Waals surface area contributed by atoms with Crippen molar-refractivity contribution in [1.82, 2.24) is 5.32 Å². The Morgan fingerprint density at radius 2 is 1.73 bits per heavy atom. The fourth-order valence-corrected chi connectivity index (χ4v) is 5.38. The molecule has 0 bridgehead atoms. The Balaban J connectivity index is 1.67. The minimum absolute atomic E-state index is 0.0809. The minimum Gasteiger partial charge on any atom is -0.465 e. The molecule has 0 fully saturated rings. The molecule has 4 heteroatoms. The van der Waals surface area contributed by atoms with Crippen LogP contribution in [-0.2, 0) is 14.3 Å². The number of fused-ring (bicyclic) bond motifs is 1. The van der Waals surface area contributed by atoms with Gasteiger partial charge in [0, 0.05) is 29.3 Å². The largest absolute Gasteiger partial charge is 0.465 e. The van der Waals surface area contributed by atoms with E-state index in [0.29, 0.717) is 24.1 Å². The molecule has 1 aliphatic carbocycles. The molecular weight excluding hydrogens is 410 g/mol. The van der Waals surface area contributed by atoms with Crippen LogP contribution in [0.5, 0.6) is 0 Å². The predicted molar refractivity (Wildman–Crippen MR) is 130 cm³/mol. The SMILES string of the molecule is C=C1NC2=C(C(=O)CC(c3ccccc3)C2)C(c2cccc3ccccc23)C1C(=O)OCC. The molecular formula is C29H27NO3. The molecule has 0 radical (unpaired) electrons. The molecule has 166 valence electrons. The zero-order valence-electron chi connectivity index (χ0n) is 18.7. The number of benzene rings is 3. The topological polar surface area (TPSA) is 55.4 Å². The smallest absolute Gasteiger partial charge is 0.315 e. The van der Waals surface area contributed by atoms with E-state index in [1.807, 2.05) is 42.5 Å². The Labute approximate surface area is 194 Å². The number of hydrogen-bond donors (Lipinski definition) is 1. The van der Waals surface area contributed by atoms with E-state index in [9.17, 15) is 9.59 Å². The summed E-state index contributed by atoms with van der Waals surface area (Å²) in [7, 11) is 0. The number of ketones is 1. The van der Waals surface area contributed by atoms with Gasteiger partial charge in [-0.1, -0.05) is 79.4 Å². The number of carbonyl (C=O) groups is 2. The van der Waals surface area contributed by atoms with Crippen LogP contribution in [0, 0.1) is 5.92 Å².